The van der Waals surface area contributed by atoms with Crippen LogP contribution in [0, 0.1) is 29.6 Å². The predicted octanol–water partition coefficient (Wildman–Crippen LogP) is 2.92. The molecule has 0 saturated carbocycles. The number of carbonyl (C=O) groups is 2. The van der Waals surface area contributed by atoms with Crippen molar-refractivity contribution >= 4 is 11.9 Å². The number of aliphatic carboxylic acids is 1. The first-order chi connectivity index (χ1) is 15.5. The van der Waals surface area contributed by atoms with Crippen molar-refractivity contribution in [2.75, 3.05) is 13.1 Å². The van der Waals surface area contributed by atoms with E-state index in [4.69, 9.17) is 4.74 Å². The Balaban J connectivity index is 3.47. The van der Waals surface area contributed by atoms with Gasteiger partial charge in [-0.05, 0) is 57.3 Å². The number of nitrogens with zero attached hydrogens (tertiary/aromatic N) is 1. The van der Waals surface area contributed by atoms with Crippen LogP contribution in [-0.4, -0.2) is 79.8 Å². The number of carboxylic acids is 1. The zero-order valence-corrected chi connectivity index (χ0v) is 22.6. The van der Waals surface area contributed by atoms with Gasteiger partial charge in [-0.3, -0.25) is 14.5 Å². The molecule has 34 heavy (non-hydrogen) atoms. The quantitative estimate of drug-likeness (QED) is 0.446. The van der Waals surface area contributed by atoms with E-state index in [2.05, 4.69) is 0 Å². The highest BCUT2D eigenvalue weighted by Gasteiger charge is 2.46. The third kappa shape index (κ3) is 7.39. The van der Waals surface area contributed by atoms with Crippen molar-refractivity contribution in [3.8, 4) is 0 Å². The molecule has 0 spiro atoms. The monoisotopic (exact) mass is 487 g/mol. The molecule has 0 radical (unpaired) electrons. The van der Waals surface area contributed by atoms with E-state index in [1.54, 1.807) is 20.8 Å². The van der Waals surface area contributed by atoms with E-state index in [-0.39, 0.29) is 36.6 Å². The van der Waals surface area contributed by atoms with Gasteiger partial charge >= 0.3 is 11.9 Å². The first-order valence-electron chi connectivity index (χ1n) is 12.8. The molecule has 0 amide bonds. The molecule has 0 aromatic heterocycles. The van der Waals surface area contributed by atoms with E-state index in [1.165, 1.54) is 6.92 Å². The topological polar surface area (TPSA) is 128 Å². The van der Waals surface area contributed by atoms with Crippen molar-refractivity contribution in [1.29, 1.82) is 0 Å². The molecule has 0 unspecified atom stereocenters. The molecule has 1 rings (SSSR count). The van der Waals surface area contributed by atoms with Crippen LogP contribution in [0.5, 0.6) is 0 Å². The van der Waals surface area contributed by atoms with Gasteiger partial charge in [-0.2, -0.15) is 0 Å². The third-order valence-corrected chi connectivity index (χ3v) is 8.59. The summed E-state index contributed by atoms with van der Waals surface area (Å²) in [5.74, 6) is -2.02. The lowest BCUT2D eigenvalue weighted by Gasteiger charge is -2.43. The van der Waals surface area contributed by atoms with Gasteiger partial charge in [0, 0.05) is 19.1 Å². The van der Waals surface area contributed by atoms with E-state index in [0.717, 1.165) is 0 Å². The van der Waals surface area contributed by atoms with Crippen molar-refractivity contribution in [3.05, 3.63) is 0 Å². The smallest absolute Gasteiger partial charge is 0.309 e. The van der Waals surface area contributed by atoms with Crippen LogP contribution in [0.25, 0.3) is 0 Å². The fourth-order valence-electron chi connectivity index (χ4n) is 5.49. The molecule has 1 aliphatic heterocycles. The van der Waals surface area contributed by atoms with Crippen LogP contribution in [0.4, 0.5) is 0 Å². The summed E-state index contributed by atoms with van der Waals surface area (Å²) < 4.78 is 5.76. The number of hydrogen-bond donors (Lipinski definition) is 4. The fraction of sp³-hybridized carbons (Fsp3) is 0.923. The summed E-state index contributed by atoms with van der Waals surface area (Å²) in [6.07, 6.45) is -1.54. The molecule has 8 heteroatoms. The van der Waals surface area contributed by atoms with Gasteiger partial charge in [0.1, 0.15) is 17.8 Å². The lowest BCUT2D eigenvalue weighted by atomic mass is 9.70. The van der Waals surface area contributed by atoms with E-state index >= 15 is 0 Å². The molecule has 1 saturated heterocycles. The van der Waals surface area contributed by atoms with E-state index < -0.39 is 47.3 Å². The molecular formula is C26H49NO7. The first-order valence-corrected chi connectivity index (χ1v) is 12.8. The van der Waals surface area contributed by atoms with Crippen LogP contribution in [0.1, 0.15) is 81.6 Å². The molecule has 200 valence electrons. The molecule has 0 bridgehead atoms. The van der Waals surface area contributed by atoms with E-state index in [0.29, 0.717) is 19.4 Å². The summed E-state index contributed by atoms with van der Waals surface area (Å²) in [7, 11) is 0. The number of rotatable bonds is 4. The summed E-state index contributed by atoms with van der Waals surface area (Å²) in [4.78, 5) is 26.2. The lowest BCUT2D eigenvalue weighted by molar-refractivity contribution is -0.191. The molecule has 1 aliphatic rings. The number of carboxylic acid groups (broad SMARTS) is 1. The second-order valence-electron chi connectivity index (χ2n) is 11.3. The first kappa shape index (κ1) is 30.8. The second kappa shape index (κ2) is 12.2. The average Bonchev–Trinajstić information content (AvgIpc) is 2.75. The van der Waals surface area contributed by atoms with Crippen molar-refractivity contribution in [2.24, 2.45) is 29.6 Å². The summed E-state index contributed by atoms with van der Waals surface area (Å²) >= 11 is 0. The fourth-order valence-corrected chi connectivity index (χ4v) is 5.49. The van der Waals surface area contributed by atoms with Gasteiger partial charge in [0.25, 0.3) is 0 Å². The summed E-state index contributed by atoms with van der Waals surface area (Å²) in [6.45, 7) is 17.3. The summed E-state index contributed by atoms with van der Waals surface area (Å²) in [6, 6.07) is -0.604. The van der Waals surface area contributed by atoms with Crippen LogP contribution in [0.3, 0.4) is 0 Å². The number of aliphatic hydroxyl groups excluding tert-OH is 1. The Morgan fingerprint density at radius 2 is 1.65 bits per heavy atom. The van der Waals surface area contributed by atoms with E-state index in [1.807, 2.05) is 39.5 Å². The maximum Gasteiger partial charge on any atom is 0.309 e. The molecule has 10 atom stereocenters. The van der Waals surface area contributed by atoms with Gasteiger partial charge < -0.3 is 25.2 Å². The van der Waals surface area contributed by atoms with Crippen molar-refractivity contribution in [3.63, 3.8) is 0 Å². The summed E-state index contributed by atoms with van der Waals surface area (Å²) in [5, 5.41) is 43.2. The molecule has 1 heterocycles. The van der Waals surface area contributed by atoms with E-state index in [9.17, 15) is 30.0 Å². The number of hydrogen-bond acceptors (Lipinski definition) is 7. The van der Waals surface area contributed by atoms with Gasteiger partial charge in [0.15, 0.2) is 0 Å². The van der Waals surface area contributed by atoms with Crippen LogP contribution in [0.2, 0.25) is 0 Å². The number of cyclic esters (lactones) is 1. The molecule has 0 aromatic carbocycles. The summed E-state index contributed by atoms with van der Waals surface area (Å²) in [5.41, 5.74) is -2.74. The molecule has 1 fully saturated rings. The minimum atomic E-state index is -1.73. The maximum atomic E-state index is 13.1. The Kier molecular flexibility index (Phi) is 11.0. The Bertz CT molecular complexity index is 680. The maximum absolute atomic E-state index is 13.1. The number of ether oxygens (including phenoxy) is 1. The largest absolute Gasteiger partial charge is 0.481 e. The van der Waals surface area contributed by atoms with Crippen LogP contribution >= 0.6 is 0 Å². The van der Waals surface area contributed by atoms with Crippen molar-refractivity contribution in [2.45, 2.75) is 111 Å². The molecule has 8 nitrogen and oxygen atoms in total. The Hall–Kier alpha value is -1.22. The minimum Gasteiger partial charge on any atom is -0.481 e. The zero-order chi connectivity index (χ0) is 26.6. The van der Waals surface area contributed by atoms with Crippen molar-refractivity contribution in [1.82, 2.24) is 4.90 Å². The van der Waals surface area contributed by atoms with Gasteiger partial charge in [-0.25, -0.2) is 0 Å². The highest BCUT2D eigenvalue weighted by atomic mass is 16.6. The highest BCUT2D eigenvalue weighted by molar-refractivity contribution is 5.72. The van der Waals surface area contributed by atoms with Gasteiger partial charge in [-0.15, -0.1) is 0 Å². The van der Waals surface area contributed by atoms with Crippen LogP contribution in [0.15, 0.2) is 0 Å². The predicted molar refractivity (Wildman–Crippen MR) is 131 cm³/mol. The highest BCUT2D eigenvalue weighted by Crippen LogP contribution is 2.38. The standard InChI is InChI=1S/C26H49NO7/c1-10-21-26(9,33)23(30)20(7)27(12-11-22(28)29)14-15(2)13-25(8,32)19(6)17(4)16(3)18(5)24(31)34-21/h15-21,23,30,32-33H,10-14H2,1-9H3,(H,28,29)/t15-,16+,17+,18-,19-,20-,21-,23-,25-,26-/m1/s1. The van der Waals surface area contributed by atoms with Gasteiger partial charge in [-0.1, -0.05) is 41.5 Å². The third-order valence-electron chi connectivity index (χ3n) is 8.59. The van der Waals surface area contributed by atoms with Crippen LogP contribution in [-0.2, 0) is 14.3 Å². The number of carbonyl (C=O) groups excluding carboxylic acids is 1. The number of aliphatic hydroxyl groups is 3. The Morgan fingerprint density at radius 1 is 1.09 bits per heavy atom. The average molecular weight is 488 g/mol. The molecule has 0 aliphatic carbocycles. The molecular weight excluding hydrogens is 438 g/mol. The minimum absolute atomic E-state index is 0.00393. The number of esters is 1. The molecule has 4 N–H and O–H groups in total. The van der Waals surface area contributed by atoms with Gasteiger partial charge in [0.2, 0.25) is 0 Å². The second-order valence-corrected chi connectivity index (χ2v) is 11.3. The normalized spacial score (nSPS) is 44.1. The lowest BCUT2D eigenvalue weighted by Crippen LogP contribution is -2.59. The Morgan fingerprint density at radius 3 is 2.15 bits per heavy atom. The van der Waals surface area contributed by atoms with Crippen LogP contribution < -0.4 is 0 Å². The zero-order valence-electron chi connectivity index (χ0n) is 22.6. The Labute approximate surface area is 205 Å². The van der Waals surface area contributed by atoms with Crippen molar-refractivity contribution < 1.29 is 34.8 Å². The molecule has 0 aromatic rings. The SMILES string of the molecule is CC[C@H]1OC(=O)[C@H](C)[C@@H](C)[C@H](C)[C@@H](C)[C@](C)(O)C[C@@H](C)CN(CCC(=O)O)[C@H](C)[C@@H](O)[C@]1(C)O. The van der Waals surface area contributed by atoms with Gasteiger partial charge in [0.05, 0.1) is 17.9 Å².